The van der Waals surface area contributed by atoms with E-state index in [9.17, 15) is 0 Å². The fourth-order valence-corrected chi connectivity index (χ4v) is 3.24. The van der Waals surface area contributed by atoms with Crippen LogP contribution in [0.15, 0.2) is 36.1 Å². The first kappa shape index (κ1) is 13.9. The van der Waals surface area contributed by atoms with Crippen molar-refractivity contribution in [2.24, 2.45) is 11.3 Å². The summed E-state index contributed by atoms with van der Waals surface area (Å²) in [4.78, 5) is 2.43. The van der Waals surface area contributed by atoms with Crippen LogP contribution >= 0.6 is 0 Å². The Morgan fingerprint density at radius 3 is 2.47 bits per heavy atom. The molecule has 1 spiro atoms. The molecule has 1 aliphatic carbocycles. The quantitative estimate of drug-likeness (QED) is 0.563. The number of hydrogen-bond donors (Lipinski definition) is 0. The number of hydrogen-bond acceptors (Lipinski definition) is 2. The Hall–Kier alpha value is -1.49. The van der Waals surface area contributed by atoms with Crippen molar-refractivity contribution in [2.45, 2.75) is 39.5 Å². The van der Waals surface area contributed by atoms with Gasteiger partial charge in [-0.2, -0.15) is 5.26 Å². The van der Waals surface area contributed by atoms with Crippen molar-refractivity contribution < 1.29 is 0 Å². The van der Waals surface area contributed by atoms with Gasteiger partial charge in [-0.05, 0) is 37.8 Å². The molecular formula is C17H24N2. The van der Waals surface area contributed by atoms with Gasteiger partial charge in [0.1, 0.15) is 0 Å². The van der Waals surface area contributed by atoms with Crippen LogP contribution in [0.5, 0.6) is 0 Å². The maximum atomic E-state index is 8.72. The minimum Gasteiger partial charge on any atom is -0.371 e. The number of rotatable bonds is 3. The fraction of sp³-hybridized carbons (Fsp3) is 0.588. The second-order valence-electron chi connectivity index (χ2n) is 6.22. The molecule has 0 amide bonds. The Labute approximate surface area is 117 Å². The Kier molecular flexibility index (Phi) is 4.14. The molecular weight excluding hydrogens is 232 g/mol. The van der Waals surface area contributed by atoms with Crippen molar-refractivity contribution >= 4 is 0 Å². The molecule has 2 nitrogen and oxygen atoms in total. The van der Waals surface area contributed by atoms with Gasteiger partial charge >= 0.3 is 0 Å². The zero-order valence-electron chi connectivity index (χ0n) is 12.2. The summed E-state index contributed by atoms with van der Waals surface area (Å²) in [6, 6.07) is 2.05. The highest BCUT2D eigenvalue weighted by Gasteiger charge is 2.44. The van der Waals surface area contributed by atoms with E-state index in [-0.39, 0.29) is 0 Å². The second-order valence-corrected chi connectivity index (χ2v) is 6.22. The monoisotopic (exact) mass is 256 g/mol. The van der Waals surface area contributed by atoms with Crippen molar-refractivity contribution in [1.29, 1.82) is 5.26 Å². The molecule has 2 aliphatic rings. The molecule has 0 aromatic heterocycles. The van der Waals surface area contributed by atoms with E-state index in [1.54, 1.807) is 0 Å². The van der Waals surface area contributed by atoms with Gasteiger partial charge in [-0.15, -0.1) is 0 Å². The van der Waals surface area contributed by atoms with Crippen LogP contribution in [0.3, 0.4) is 0 Å². The first-order chi connectivity index (χ1) is 9.08. The maximum Gasteiger partial charge on any atom is 0.0985 e. The van der Waals surface area contributed by atoms with E-state index in [4.69, 9.17) is 5.26 Å². The molecule has 102 valence electrons. The van der Waals surface area contributed by atoms with E-state index in [1.807, 2.05) is 12.2 Å². The van der Waals surface area contributed by atoms with Crippen LogP contribution < -0.4 is 0 Å². The highest BCUT2D eigenvalue weighted by atomic mass is 15.2. The zero-order valence-corrected chi connectivity index (χ0v) is 12.2. The summed E-state index contributed by atoms with van der Waals surface area (Å²) in [7, 11) is 0. The highest BCUT2D eigenvalue weighted by molar-refractivity contribution is 5.34. The van der Waals surface area contributed by atoms with E-state index in [0.717, 1.165) is 5.92 Å². The van der Waals surface area contributed by atoms with Gasteiger partial charge < -0.3 is 4.90 Å². The number of likely N-dealkylation sites (tertiary alicyclic amines) is 1. The molecule has 1 heterocycles. The number of nitrogens with zero attached hydrogens (tertiary/aromatic N) is 2. The van der Waals surface area contributed by atoms with Crippen LogP contribution in [-0.4, -0.2) is 18.0 Å². The number of nitriles is 1. The Bertz CT molecular complexity index is 434. The van der Waals surface area contributed by atoms with Gasteiger partial charge in [-0.3, -0.25) is 0 Å². The average Bonchev–Trinajstić information content (AvgIpc) is 2.39. The lowest BCUT2D eigenvalue weighted by molar-refractivity contribution is -0.0114. The van der Waals surface area contributed by atoms with Crippen molar-refractivity contribution in [3.8, 4) is 6.07 Å². The summed E-state index contributed by atoms with van der Waals surface area (Å²) in [5, 5.41) is 8.72. The van der Waals surface area contributed by atoms with Crippen LogP contribution in [0.2, 0.25) is 0 Å². The minimum absolute atomic E-state index is 0.515. The van der Waals surface area contributed by atoms with Crippen molar-refractivity contribution in [3.05, 3.63) is 36.1 Å². The predicted molar refractivity (Wildman–Crippen MR) is 79.3 cm³/mol. The molecule has 0 N–H and O–H groups in total. The van der Waals surface area contributed by atoms with Crippen LogP contribution in [0.4, 0.5) is 0 Å². The predicted octanol–water partition coefficient (Wildman–Crippen LogP) is 4.04. The first-order valence-electron chi connectivity index (χ1n) is 7.27. The molecule has 2 heteroatoms. The molecule has 1 saturated carbocycles. The van der Waals surface area contributed by atoms with Crippen molar-refractivity contribution in [3.63, 3.8) is 0 Å². The summed E-state index contributed by atoms with van der Waals surface area (Å²) >= 11 is 0. The average molecular weight is 256 g/mol. The molecule has 1 aliphatic heterocycles. The third-order valence-electron chi connectivity index (χ3n) is 4.65. The van der Waals surface area contributed by atoms with E-state index < -0.39 is 0 Å². The van der Waals surface area contributed by atoms with Crippen LogP contribution in [0.25, 0.3) is 0 Å². The third kappa shape index (κ3) is 3.10. The maximum absolute atomic E-state index is 8.72. The molecule has 19 heavy (non-hydrogen) atoms. The summed E-state index contributed by atoms with van der Waals surface area (Å²) in [6.45, 7) is 10.5. The molecule has 0 aromatic rings. The van der Waals surface area contributed by atoms with E-state index >= 15 is 0 Å². The largest absolute Gasteiger partial charge is 0.371 e. The van der Waals surface area contributed by atoms with Gasteiger partial charge in [-0.1, -0.05) is 32.4 Å². The third-order valence-corrected chi connectivity index (χ3v) is 4.65. The highest BCUT2D eigenvalue weighted by Crippen LogP contribution is 2.46. The normalized spacial score (nSPS) is 23.4. The van der Waals surface area contributed by atoms with Crippen molar-refractivity contribution in [1.82, 2.24) is 4.90 Å². The molecule has 0 radical (unpaired) electrons. The van der Waals surface area contributed by atoms with Crippen LogP contribution in [0, 0.1) is 22.7 Å². The topological polar surface area (TPSA) is 27.0 Å². The lowest BCUT2D eigenvalue weighted by atomic mass is 9.66. The molecule has 0 atom stereocenters. The smallest absolute Gasteiger partial charge is 0.0985 e. The number of allylic oxidation sites excluding steroid dienone is 4. The van der Waals surface area contributed by atoms with E-state index in [1.165, 1.54) is 44.5 Å². The summed E-state index contributed by atoms with van der Waals surface area (Å²) in [6.07, 6.45) is 11.5. The SMILES string of the molecule is C=C(C#N)/C=C\C(=C/C)N1CC2(CCC(C)CC2)C1. The lowest BCUT2D eigenvalue weighted by Crippen LogP contribution is -2.56. The Morgan fingerprint density at radius 1 is 1.32 bits per heavy atom. The van der Waals surface area contributed by atoms with E-state index in [0.29, 0.717) is 11.0 Å². The minimum atomic E-state index is 0.515. The second kappa shape index (κ2) is 5.65. The van der Waals surface area contributed by atoms with Gasteiger partial charge in [0.15, 0.2) is 0 Å². The summed E-state index contributed by atoms with van der Waals surface area (Å²) in [5.41, 5.74) is 2.32. The molecule has 2 fully saturated rings. The first-order valence-corrected chi connectivity index (χ1v) is 7.27. The van der Waals surface area contributed by atoms with Crippen LogP contribution in [0.1, 0.15) is 39.5 Å². The standard InChI is InChI=1S/C17H24N2/c1-4-16(6-5-15(3)11-18)19-12-17(13-19)9-7-14(2)8-10-17/h4-6,14H,3,7-10,12-13H2,1-2H3/b6-5-,16-4+. The molecule has 1 saturated heterocycles. The van der Waals surface area contributed by atoms with Gasteiger partial charge in [0, 0.05) is 29.8 Å². The van der Waals surface area contributed by atoms with Crippen molar-refractivity contribution in [2.75, 3.05) is 13.1 Å². The molecule has 2 rings (SSSR count). The van der Waals surface area contributed by atoms with E-state index in [2.05, 4.69) is 37.5 Å². The van der Waals surface area contributed by atoms with Gasteiger partial charge in [-0.25, -0.2) is 0 Å². The van der Waals surface area contributed by atoms with Crippen LogP contribution in [-0.2, 0) is 0 Å². The van der Waals surface area contributed by atoms with Gasteiger partial charge in [0.25, 0.3) is 0 Å². The molecule has 0 bridgehead atoms. The summed E-state index contributed by atoms with van der Waals surface area (Å²) < 4.78 is 0. The van der Waals surface area contributed by atoms with Gasteiger partial charge in [0.05, 0.1) is 6.07 Å². The zero-order chi connectivity index (χ0) is 13.9. The molecule has 0 aromatic carbocycles. The lowest BCUT2D eigenvalue weighted by Gasteiger charge is -2.54. The summed E-state index contributed by atoms with van der Waals surface area (Å²) in [5.74, 6) is 0.916. The van der Waals surface area contributed by atoms with Gasteiger partial charge in [0.2, 0.25) is 0 Å². The molecule has 0 unspecified atom stereocenters. The Morgan fingerprint density at radius 2 is 1.95 bits per heavy atom. The fourth-order valence-electron chi connectivity index (χ4n) is 3.24. The Balaban J connectivity index is 1.90.